The van der Waals surface area contributed by atoms with Crippen LogP contribution in [0.2, 0.25) is 0 Å². The Morgan fingerprint density at radius 2 is 2.07 bits per heavy atom. The van der Waals surface area contributed by atoms with Crippen LogP contribution in [0.4, 0.5) is 0 Å². The van der Waals surface area contributed by atoms with Gasteiger partial charge in [-0.15, -0.1) is 0 Å². The van der Waals surface area contributed by atoms with Crippen LogP contribution in [0.3, 0.4) is 0 Å². The van der Waals surface area contributed by atoms with Crippen LogP contribution in [0.1, 0.15) is 31.7 Å². The molecule has 0 saturated carbocycles. The number of nitrogens with one attached hydrogen (secondary N) is 1. The molecule has 1 nitrogen and oxygen atoms in total. The van der Waals surface area contributed by atoms with E-state index in [0.717, 1.165) is 6.54 Å². The van der Waals surface area contributed by atoms with E-state index >= 15 is 0 Å². The van der Waals surface area contributed by atoms with E-state index in [1.165, 1.54) is 31.4 Å². The van der Waals surface area contributed by atoms with E-state index in [1.807, 2.05) is 0 Å². The van der Waals surface area contributed by atoms with Gasteiger partial charge in [-0.2, -0.15) is 0 Å². The molecule has 1 saturated heterocycles. The predicted molar refractivity (Wildman–Crippen MR) is 60.5 cm³/mol. The SMILES string of the molecule is CCC[C@@]1(c2ccccc2)CCNC1. The Kier molecular flexibility index (Phi) is 2.87. The summed E-state index contributed by atoms with van der Waals surface area (Å²) in [4.78, 5) is 0. The molecule has 1 atom stereocenters. The maximum atomic E-state index is 3.50. The molecule has 0 aromatic heterocycles. The average Bonchev–Trinajstić information content (AvgIpc) is 2.70. The standard InChI is InChI=1S/C13H19N/c1-2-8-13(9-10-14-11-13)12-6-4-3-5-7-12/h3-7,14H,2,8-11H2,1H3/t13-/m1/s1. The third kappa shape index (κ3) is 1.69. The molecule has 0 unspecified atom stereocenters. The number of hydrogen-bond acceptors (Lipinski definition) is 1. The first-order valence-corrected chi connectivity index (χ1v) is 5.64. The van der Waals surface area contributed by atoms with Gasteiger partial charge in [0.05, 0.1) is 0 Å². The summed E-state index contributed by atoms with van der Waals surface area (Å²) >= 11 is 0. The summed E-state index contributed by atoms with van der Waals surface area (Å²) in [6, 6.07) is 11.0. The summed E-state index contributed by atoms with van der Waals surface area (Å²) < 4.78 is 0. The molecule has 0 aliphatic carbocycles. The van der Waals surface area contributed by atoms with E-state index in [0.29, 0.717) is 5.41 Å². The molecule has 1 fully saturated rings. The van der Waals surface area contributed by atoms with Crippen LogP contribution in [0, 0.1) is 0 Å². The molecule has 1 aromatic rings. The lowest BCUT2D eigenvalue weighted by Gasteiger charge is -2.28. The second-order valence-corrected chi connectivity index (χ2v) is 4.32. The molecule has 1 heterocycles. The molecule has 1 aliphatic rings. The summed E-state index contributed by atoms with van der Waals surface area (Å²) in [7, 11) is 0. The number of benzene rings is 1. The molecule has 1 heteroatoms. The first-order chi connectivity index (χ1) is 6.87. The molecule has 2 rings (SSSR count). The van der Waals surface area contributed by atoms with Crippen molar-refractivity contribution in [2.45, 2.75) is 31.6 Å². The van der Waals surface area contributed by atoms with Crippen LogP contribution in [0.25, 0.3) is 0 Å². The summed E-state index contributed by atoms with van der Waals surface area (Å²) in [5.41, 5.74) is 1.95. The van der Waals surface area contributed by atoms with Crippen molar-refractivity contribution in [2.75, 3.05) is 13.1 Å². The van der Waals surface area contributed by atoms with Crippen molar-refractivity contribution in [3.05, 3.63) is 35.9 Å². The third-order valence-corrected chi connectivity index (χ3v) is 3.36. The van der Waals surface area contributed by atoms with E-state index < -0.39 is 0 Å². The lowest BCUT2D eigenvalue weighted by atomic mass is 9.76. The van der Waals surface area contributed by atoms with Crippen molar-refractivity contribution in [1.29, 1.82) is 0 Å². The zero-order chi connectivity index (χ0) is 9.86. The Morgan fingerprint density at radius 3 is 2.64 bits per heavy atom. The molecule has 14 heavy (non-hydrogen) atoms. The average molecular weight is 189 g/mol. The maximum absolute atomic E-state index is 3.50. The minimum Gasteiger partial charge on any atom is -0.316 e. The van der Waals surface area contributed by atoms with Gasteiger partial charge in [0.25, 0.3) is 0 Å². The van der Waals surface area contributed by atoms with Crippen LogP contribution in [0.15, 0.2) is 30.3 Å². The molecule has 1 aliphatic heterocycles. The summed E-state index contributed by atoms with van der Waals surface area (Å²) in [6.45, 7) is 4.61. The lowest BCUT2D eigenvalue weighted by molar-refractivity contribution is 0.427. The Labute approximate surface area is 86.5 Å². The Hall–Kier alpha value is -0.820. The highest BCUT2D eigenvalue weighted by Crippen LogP contribution is 2.34. The molecule has 1 aromatic carbocycles. The van der Waals surface area contributed by atoms with Crippen molar-refractivity contribution in [3.63, 3.8) is 0 Å². The zero-order valence-corrected chi connectivity index (χ0v) is 8.92. The lowest BCUT2D eigenvalue weighted by Crippen LogP contribution is -2.28. The van der Waals surface area contributed by atoms with Gasteiger partial charge >= 0.3 is 0 Å². The van der Waals surface area contributed by atoms with Crippen LogP contribution >= 0.6 is 0 Å². The third-order valence-electron chi connectivity index (χ3n) is 3.36. The Bertz CT molecular complexity index is 273. The molecule has 0 bridgehead atoms. The topological polar surface area (TPSA) is 12.0 Å². The number of hydrogen-bond donors (Lipinski definition) is 1. The van der Waals surface area contributed by atoms with Crippen molar-refractivity contribution >= 4 is 0 Å². The van der Waals surface area contributed by atoms with Gasteiger partial charge in [0.15, 0.2) is 0 Å². The highest BCUT2D eigenvalue weighted by molar-refractivity contribution is 5.27. The Morgan fingerprint density at radius 1 is 1.29 bits per heavy atom. The van der Waals surface area contributed by atoms with E-state index in [2.05, 4.69) is 42.6 Å². The zero-order valence-electron chi connectivity index (χ0n) is 8.92. The number of rotatable bonds is 3. The quantitative estimate of drug-likeness (QED) is 0.771. The minimum absolute atomic E-state index is 0.427. The molecule has 0 amide bonds. The van der Waals surface area contributed by atoms with Gasteiger partial charge in [-0.05, 0) is 24.9 Å². The molecule has 0 radical (unpaired) electrons. The fraction of sp³-hybridized carbons (Fsp3) is 0.538. The molecule has 76 valence electrons. The normalized spacial score (nSPS) is 26.6. The van der Waals surface area contributed by atoms with E-state index in [1.54, 1.807) is 0 Å². The molecule has 1 N–H and O–H groups in total. The van der Waals surface area contributed by atoms with Crippen LogP contribution in [-0.4, -0.2) is 13.1 Å². The van der Waals surface area contributed by atoms with Gasteiger partial charge in [-0.25, -0.2) is 0 Å². The van der Waals surface area contributed by atoms with Crippen LogP contribution in [0.5, 0.6) is 0 Å². The largest absolute Gasteiger partial charge is 0.316 e. The van der Waals surface area contributed by atoms with Crippen LogP contribution in [-0.2, 0) is 5.41 Å². The molecular formula is C13H19N. The maximum Gasteiger partial charge on any atom is 0.00897 e. The van der Waals surface area contributed by atoms with Gasteiger partial charge < -0.3 is 5.32 Å². The van der Waals surface area contributed by atoms with E-state index in [9.17, 15) is 0 Å². The Balaban J connectivity index is 2.27. The molecular weight excluding hydrogens is 170 g/mol. The second-order valence-electron chi connectivity index (χ2n) is 4.32. The smallest absolute Gasteiger partial charge is 0.00897 e. The van der Waals surface area contributed by atoms with Crippen molar-refractivity contribution in [3.8, 4) is 0 Å². The van der Waals surface area contributed by atoms with Gasteiger partial charge in [-0.1, -0.05) is 43.7 Å². The van der Waals surface area contributed by atoms with Gasteiger partial charge in [-0.3, -0.25) is 0 Å². The van der Waals surface area contributed by atoms with E-state index in [4.69, 9.17) is 0 Å². The van der Waals surface area contributed by atoms with Crippen molar-refractivity contribution < 1.29 is 0 Å². The van der Waals surface area contributed by atoms with Gasteiger partial charge in [0.1, 0.15) is 0 Å². The van der Waals surface area contributed by atoms with Gasteiger partial charge in [0.2, 0.25) is 0 Å². The molecule has 0 spiro atoms. The highest BCUT2D eigenvalue weighted by Gasteiger charge is 2.34. The van der Waals surface area contributed by atoms with Gasteiger partial charge in [0, 0.05) is 12.0 Å². The summed E-state index contributed by atoms with van der Waals surface area (Å²) in [5.74, 6) is 0. The fourth-order valence-electron chi connectivity index (χ4n) is 2.62. The second kappa shape index (κ2) is 4.14. The first kappa shape index (κ1) is 9.72. The highest BCUT2D eigenvalue weighted by atomic mass is 14.9. The summed E-state index contributed by atoms with van der Waals surface area (Å²) in [5, 5.41) is 3.50. The minimum atomic E-state index is 0.427. The monoisotopic (exact) mass is 189 g/mol. The predicted octanol–water partition coefficient (Wildman–Crippen LogP) is 2.72. The van der Waals surface area contributed by atoms with E-state index in [-0.39, 0.29) is 0 Å². The van der Waals surface area contributed by atoms with Crippen molar-refractivity contribution in [1.82, 2.24) is 5.32 Å². The summed E-state index contributed by atoms with van der Waals surface area (Å²) in [6.07, 6.45) is 3.88. The first-order valence-electron chi connectivity index (χ1n) is 5.64. The van der Waals surface area contributed by atoms with Crippen LogP contribution < -0.4 is 5.32 Å². The fourth-order valence-corrected chi connectivity index (χ4v) is 2.62. The van der Waals surface area contributed by atoms with Crippen molar-refractivity contribution in [2.24, 2.45) is 0 Å².